The average molecular weight is 455 g/mol. The molecule has 27 heavy (non-hydrogen) atoms. The zero-order valence-corrected chi connectivity index (χ0v) is 17.1. The summed E-state index contributed by atoms with van der Waals surface area (Å²) >= 11 is 3.20. The molecule has 0 aliphatic carbocycles. The van der Waals surface area contributed by atoms with Crippen molar-refractivity contribution in [2.45, 2.75) is 58.4 Å². The van der Waals surface area contributed by atoms with Crippen LogP contribution in [0.3, 0.4) is 0 Å². The second-order valence-electron chi connectivity index (χ2n) is 5.63. The van der Waals surface area contributed by atoms with Gasteiger partial charge in [0.15, 0.2) is 24.6 Å². The molecule has 1 aliphatic rings. The lowest BCUT2D eigenvalue weighted by atomic mass is 9.98. The lowest BCUT2D eigenvalue weighted by molar-refractivity contribution is -0.306. The van der Waals surface area contributed by atoms with Crippen LogP contribution in [0.15, 0.2) is 0 Å². The van der Waals surface area contributed by atoms with E-state index < -0.39 is 54.6 Å². The summed E-state index contributed by atoms with van der Waals surface area (Å²) in [5, 5.41) is 0.458. The number of hydrogen-bond acceptors (Lipinski definition) is 10. The van der Waals surface area contributed by atoms with Crippen molar-refractivity contribution in [1.82, 2.24) is 0 Å². The molecule has 1 aliphatic heterocycles. The second kappa shape index (κ2) is 11.2. The van der Waals surface area contributed by atoms with E-state index in [1.807, 2.05) is 0 Å². The number of rotatable bonds is 8. The topological polar surface area (TPSA) is 124 Å². The maximum atomic E-state index is 11.6. The van der Waals surface area contributed by atoms with Crippen molar-refractivity contribution >= 4 is 39.8 Å². The fourth-order valence-corrected chi connectivity index (χ4v) is 2.67. The van der Waals surface area contributed by atoms with Gasteiger partial charge < -0.3 is 28.4 Å². The summed E-state index contributed by atoms with van der Waals surface area (Å²) in [7, 11) is 0. The van der Waals surface area contributed by atoms with Crippen molar-refractivity contribution in [3.05, 3.63) is 0 Å². The maximum Gasteiger partial charge on any atom is 0.303 e. The molecule has 0 unspecified atom stereocenters. The summed E-state index contributed by atoms with van der Waals surface area (Å²) in [5.41, 5.74) is 0. The predicted octanol–water partition coefficient (Wildman–Crippen LogP) is 0.481. The molecule has 10 nitrogen and oxygen atoms in total. The van der Waals surface area contributed by atoms with Gasteiger partial charge in [0.05, 0.1) is 6.61 Å². The Kier molecular flexibility index (Phi) is 9.67. The molecule has 0 aromatic heterocycles. The maximum absolute atomic E-state index is 11.6. The summed E-state index contributed by atoms with van der Waals surface area (Å²) in [6.07, 6.45) is -5.73. The molecule has 0 N–H and O–H groups in total. The predicted molar refractivity (Wildman–Crippen MR) is 91.7 cm³/mol. The molecule has 1 saturated heterocycles. The smallest absolute Gasteiger partial charge is 0.303 e. The van der Waals surface area contributed by atoms with Gasteiger partial charge >= 0.3 is 23.9 Å². The number of carbonyl (C=O) groups is 4. The standard InChI is InChI=1S/C16H23BrO10/c1-8(18)23-7-12-13(24-9(2)19)14(25-10(3)20)15(26-11(4)21)16(27-12)22-6-5-17/h12-16H,5-7H2,1-4H3/t12-,13+,14-,15-,16+/m0/s1. The van der Waals surface area contributed by atoms with Gasteiger partial charge in [-0.2, -0.15) is 0 Å². The third-order valence-electron chi connectivity index (χ3n) is 3.31. The van der Waals surface area contributed by atoms with Crippen molar-refractivity contribution < 1.29 is 47.6 Å². The normalized spacial score (nSPS) is 27.4. The molecule has 0 aromatic carbocycles. The van der Waals surface area contributed by atoms with Crippen LogP contribution in [0.1, 0.15) is 27.7 Å². The van der Waals surface area contributed by atoms with E-state index in [2.05, 4.69) is 15.9 Å². The SMILES string of the molecule is CC(=O)OC[C@@H]1O[C@@H](OCCBr)[C@@H](OC(C)=O)[C@@H](OC(C)=O)[C@@H]1OC(C)=O. The van der Waals surface area contributed by atoms with E-state index in [0.29, 0.717) is 5.33 Å². The highest BCUT2D eigenvalue weighted by molar-refractivity contribution is 9.09. The van der Waals surface area contributed by atoms with Crippen LogP contribution in [-0.4, -0.2) is 73.1 Å². The molecular weight excluding hydrogens is 432 g/mol. The van der Waals surface area contributed by atoms with Crippen LogP contribution in [-0.2, 0) is 47.6 Å². The Labute approximate surface area is 164 Å². The lowest BCUT2D eigenvalue weighted by Gasteiger charge is -2.44. The van der Waals surface area contributed by atoms with Crippen molar-refractivity contribution in [3.63, 3.8) is 0 Å². The molecule has 0 bridgehead atoms. The van der Waals surface area contributed by atoms with Gasteiger partial charge in [0, 0.05) is 33.0 Å². The summed E-state index contributed by atoms with van der Waals surface area (Å²) in [4.78, 5) is 45.8. The van der Waals surface area contributed by atoms with E-state index in [0.717, 1.165) is 20.8 Å². The third kappa shape index (κ3) is 7.81. The third-order valence-corrected chi connectivity index (χ3v) is 3.63. The Morgan fingerprint density at radius 1 is 0.815 bits per heavy atom. The first-order chi connectivity index (χ1) is 12.6. The Morgan fingerprint density at radius 2 is 1.33 bits per heavy atom. The minimum Gasteiger partial charge on any atom is -0.463 e. The summed E-state index contributed by atoms with van der Waals surface area (Å²) in [6, 6.07) is 0. The van der Waals surface area contributed by atoms with Crippen LogP contribution in [0.2, 0.25) is 0 Å². The minimum absolute atomic E-state index is 0.188. The Hall–Kier alpha value is -1.72. The van der Waals surface area contributed by atoms with Gasteiger partial charge in [0.25, 0.3) is 0 Å². The van der Waals surface area contributed by atoms with E-state index in [1.54, 1.807) is 0 Å². The molecule has 0 spiro atoms. The first-order valence-corrected chi connectivity index (χ1v) is 9.25. The molecule has 0 saturated carbocycles. The lowest BCUT2D eigenvalue weighted by Crippen LogP contribution is -2.63. The fourth-order valence-electron chi connectivity index (χ4n) is 2.48. The number of esters is 4. The monoisotopic (exact) mass is 454 g/mol. The summed E-state index contributed by atoms with van der Waals surface area (Å²) in [6.45, 7) is 4.58. The zero-order valence-electron chi connectivity index (χ0n) is 15.5. The molecular formula is C16H23BrO10. The zero-order chi connectivity index (χ0) is 20.6. The van der Waals surface area contributed by atoms with Crippen LogP contribution < -0.4 is 0 Å². The minimum atomic E-state index is -1.22. The molecule has 5 atom stereocenters. The van der Waals surface area contributed by atoms with E-state index in [-0.39, 0.29) is 13.2 Å². The first-order valence-electron chi connectivity index (χ1n) is 8.13. The number of alkyl halides is 1. The van der Waals surface area contributed by atoms with Gasteiger partial charge in [-0.25, -0.2) is 0 Å². The van der Waals surface area contributed by atoms with Gasteiger partial charge in [-0.15, -0.1) is 0 Å². The first kappa shape index (κ1) is 23.3. The van der Waals surface area contributed by atoms with E-state index >= 15 is 0 Å². The van der Waals surface area contributed by atoms with E-state index in [9.17, 15) is 19.2 Å². The van der Waals surface area contributed by atoms with E-state index in [1.165, 1.54) is 6.92 Å². The van der Waals surface area contributed by atoms with Crippen molar-refractivity contribution in [2.24, 2.45) is 0 Å². The quantitative estimate of drug-likeness (QED) is 0.290. The van der Waals surface area contributed by atoms with Crippen molar-refractivity contribution in [1.29, 1.82) is 0 Å². The highest BCUT2D eigenvalue weighted by Gasteiger charge is 2.52. The van der Waals surface area contributed by atoms with Crippen LogP contribution in [0, 0.1) is 0 Å². The number of carbonyl (C=O) groups excluding carboxylic acids is 4. The molecule has 1 heterocycles. The Morgan fingerprint density at radius 3 is 1.81 bits per heavy atom. The van der Waals surface area contributed by atoms with Crippen molar-refractivity contribution in [2.75, 3.05) is 18.5 Å². The summed E-state index contributed by atoms with van der Waals surface area (Å²) in [5.74, 6) is -2.63. The number of ether oxygens (including phenoxy) is 6. The van der Waals surface area contributed by atoms with E-state index in [4.69, 9.17) is 28.4 Å². The van der Waals surface area contributed by atoms with Crippen LogP contribution in [0.5, 0.6) is 0 Å². The summed E-state index contributed by atoms with van der Waals surface area (Å²) < 4.78 is 31.9. The molecule has 0 aromatic rings. The van der Waals surface area contributed by atoms with Crippen LogP contribution >= 0.6 is 15.9 Å². The molecule has 1 fully saturated rings. The molecule has 1 rings (SSSR count). The number of hydrogen-bond donors (Lipinski definition) is 0. The molecule has 0 amide bonds. The van der Waals surface area contributed by atoms with Crippen molar-refractivity contribution in [3.8, 4) is 0 Å². The highest BCUT2D eigenvalue weighted by Crippen LogP contribution is 2.29. The number of halogens is 1. The van der Waals surface area contributed by atoms with Gasteiger partial charge in [0.1, 0.15) is 12.7 Å². The highest BCUT2D eigenvalue weighted by atomic mass is 79.9. The molecule has 154 valence electrons. The average Bonchev–Trinajstić information content (AvgIpc) is 2.54. The second-order valence-corrected chi connectivity index (χ2v) is 6.42. The molecule has 11 heteroatoms. The van der Waals surface area contributed by atoms with Crippen LogP contribution in [0.25, 0.3) is 0 Å². The van der Waals surface area contributed by atoms with Gasteiger partial charge in [-0.3, -0.25) is 19.2 Å². The Bertz CT molecular complexity index is 551. The molecule has 0 radical (unpaired) electrons. The van der Waals surface area contributed by atoms with Gasteiger partial charge in [-0.05, 0) is 0 Å². The fraction of sp³-hybridized carbons (Fsp3) is 0.750. The Balaban J connectivity index is 3.22. The largest absolute Gasteiger partial charge is 0.463 e. The van der Waals surface area contributed by atoms with Gasteiger partial charge in [0.2, 0.25) is 0 Å². The van der Waals surface area contributed by atoms with Crippen LogP contribution in [0.4, 0.5) is 0 Å². The van der Waals surface area contributed by atoms with Gasteiger partial charge in [-0.1, -0.05) is 15.9 Å².